The molecule has 1 rings (SSSR count). The van der Waals surface area contributed by atoms with Crippen LogP contribution < -0.4 is 10.6 Å². The van der Waals surface area contributed by atoms with Crippen LogP contribution in [0.3, 0.4) is 0 Å². The number of carbonyl (C=O) groups excluding carboxylic acids is 5. The first kappa shape index (κ1) is 44.5. The lowest BCUT2D eigenvalue weighted by Crippen LogP contribution is -2.52. The zero-order valence-electron chi connectivity index (χ0n) is 31.8. The van der Waals surface area contributed by atoms with Crippen molar-refractivity contribution >= 4 is 41.3 Å². The van der Waals surface area contributed by atoms with Crippen LogP contribution in [0.4, 0.5) is 0 Å². The minimum Gasteiger partial charge on any atom is -0.355 e. The minimum atomic E-state index is -0.543. The number of hydrogen-bond acceptors (Lipinski definition) is 11. The molecule has 0 saturated carbocycles. The van der Waals surface area contributed by atoms with E-state index in [1.807, 2.05) is 9.80 Å². The van der Waals surface area contributed by atoms with Crippen LogP contribution in [0.5, 0.6) is 0 Å². The van der Waals surface area contributed by atoms with Crippen molar-refractivity contribution in [1.29, 1.82) is 0 Å². The van der Waals surface area contributed by atoms with E-state index in [0.29, 0.717) is 65.4 Å². The van der Waals surface area contributed by atoms with Crippen molar-refractivity contribution in [3.05, 3.63) is 0 Å². The van der Waals surface area contributed by atoms with Gasteiger partial charge in [0, 0.05) is 109 Å². The largest absolute Gasteiger partial charge is 0.355 e. The molecular weight excluding hydrogens is 648 g/mol. The first-order valence-corrected chi connectivity index (χ1v) is 18.7. The third-order valence-corrected chi connectivity index (χ3v) is 9.17. The Morgan fingerprint density at radius 2 is 0.959 bits per heavy atom. The van der Waals surface area contributed by atoms with E-state index in [1.165, 1.54) is 0 Å². The smallest absolute Gasteiger partial charge is 0.236 e. The highest BCUT2D eigenvalue weighted by Gasteiger charge is 2.28. The average Bonchev–Trinajstić information content (AvgIpc) is 3.03. The van der Waals surface area contributed by atoms with Gasteiger partial charge in [-0.1, -0.05) is 0 Å². The zero-order valence-corrected chi connectivity index (χ0v) is 32.6. The fraction of sp³-hybridized carbons (Fsp3) is 0.848. The summed E-state index contributed by atoms with van der Waals surface area (Å²) in [4.78, 5) is 79.8. The number of nitrogens with zero attached hydrogens (tertiary/aromatic N) is 8. The normalized spacial score (nSPS) is 16.8. The second kappa shape index (κ2) is 24.6. The van der Waals surface area contributed by atoms with Gasteiger partial charge in [0.25, 0.3) is 0 Å². The van der Waals surface area contributed by atoms with Gasteiger partial charge in [-0.3, -0.25) is 43.6 Å². The van der Waals surface area contributed by atoms with Gasteiger partial charge in [0.05, 0.1) is 32.1 Å². The fourth-order valence-corrected chi connectivity index (χ4v) is 5.59. The highest BCUT2D eigenvalue weighted by molar-refractivity contribution is 7.98. The third-order valence-electron chi connectivity index (χ3n) is 8.48. The molecule has 1 heterocycles. The van der Waals surface area contributed by atoms with Crippen molar-refractivity contribution in [1.82, 2.24) is 49.8 Å². The molecule has 1 aliphatic rings. The SMILES string of the molecule is CSCCCNCCNC(=O)C1CN(CC(=O)N(C)C)CCN(CC(=O)N(C)C)CCCN(CC(=O)N(C)C)CCN(CC(=O)N(C)C)C1. The lowest BCUT2D eigenvalue weighted by molar-refractivity contribution is -0.133. The van der Waals surface area contributed by atoms with Gasteiger partial charge in [0.1, 0.15) is 0 Å². The third kappa shape index (κ3) is 19.5. The molecule has 1 saturated heterocycles. The van der Waals surface area contributed by atoms with E-state index in [2.05, 4.69) is 26.7 Å². The molecule has 15 nitrogen and oxygen atoms in total. The van der Waals surface area contributed by atoms with E-state index in [0.717, 1.165) is 25.1 Å². The maximum Gasteiger partial charge on any atom is 0.236 e. The summed E-state index contributed by atoms with van der Waals surface area (Å²) < 4.78 is 0. The molecule has 0 unspecified atom stereocenters. The van der Waals surface area contributed by atoms with Crippen LogP contribution in [0, 0.1) is 5.92 Å². The molecule has 1 aliphatic heterocycles. The molecule has 0 bridgehead atoms. The Kier molecular flexibility index (Phi) is 22.4. The van der Waals surface area contributed by atoms with Crippen molar-refractivity contribution in [2.45, 2.75) is 12.8 Å². The van der Waals surface area contributed by atoms with Gasteiger partial charge in [-0.15, -0.1) is 0 Å². The van der Waals surface area contributed by atoms with E-state index in [-0.39, 0.29) is 55.7 Å². The number of rotatable bonds is 16. The Morgan fingerprint density at radius 3 is 1.35 bits per heavy atom. The van der Waals surface area contributed by atoms with Gasteiger partial charge in [-0.2, -0.15) is 11.8 Å². The van der Waals surface area contributed by atoms with Crippen molar-refractivity contribution in [2.24, 2.45) is 5.92 Å². The molecule has 0 spiro atoms. The Hall–Kier alpha value is -2.50. The van der Waals surface area contributed by atoms with E-state index in [4.69, 9.17) is 0 Å². The Morgan fingerprint density at radius 1 is 0.571 bits per heavy atom. The lowest BCUT2D eigenvalue weighted by Gasteiger charge is -2.35. The Bertz CT molecular complexity index is 954. The van der Waals surface area contributed by atoms with Crippen LogP contribution in [-0.4, -0.2) is 235 Å². The molecule has 0 aromatic carbocycles. The summed E-state index contributed by atoms with van der Waals surface area (Å²) in [6, 6.07) is 0. The van der Waals surface area contributed by atoms with Gasteiger partial charge in [0.2, 0.25) is 29.5 Å². The Labute approximate surface area is 300 Å². The average molecular weight is 715 g/mol. The van der Waals surface area contributed by atoms with Gasteiger partial charge in [0.15, 0.2) is 0 Å². The molecule has 5 amide bonds. The first-order chi connectivity index (χ1) is 23.1. The van der Waals surface area contributed by atoms with E-state index >= 15 is 0 Å². The Balaban J connectivity index is 3.43. The summed E-state index contributed by atoms with van der Waals surface area (Å²) in [5.41, 5.74) is 0. The van der Waals surface area contributed by atoms with Crippen LogP contribution in [-0.2, 0) is 24.0 Å². The fourth-order valence-electron chi connectivity index (χ4n) is 5.16. The molecular formula is C33H66N10O5S. The summed E-state index contributed by atoms with van der Waals surface area (Å²) in [6.07, 6.45) is 3.86. The summed E-state index contributed by atoms with van der Waals surface area (Å²) in [7, 11) is 13.8. The predicted molar refractivity (Wildman–Crippen MR) is 198 cm³/mol. The predicted octanol–water partition coefficient (Wildman–Crippen LogP) is -1.97. The number of thioether (sulfide) groups is 1. The molecule has 1 fully saturated rings. The van der Waals surface area contributed by atoms with E-state index in [9.17, 15) is 24.0 Å². The molecule has 0 aromatic rings. The number of nitrogens with one attached hydrogen (secondary N) is 2. The molecule has 0 aromatic heterocycles. The molecule has 284 valence electrons. The number of carbonyl (C=O) groups is 5. The monoisotopic (exact) mass is 714 g/mol. The zero-order chi connectivity index (χ0) is 36.9. The standard InChI is InChI=1S/C33H66N10O5S/c1-36(2)29(44)24-40-15-11-16-41(25-30(45)37(3)4)18-20-43(27-32(47)39(7)8)23-28(22-42(19-17-40)26-31(46)38(5)6)33(48)35-14-13-34-12-10-21-49-9/h28,34H,10-27H2,1-9H3,(H,35,48). The van der Waals surface area contributed by atoms with Crippen LogP contribution in [0.15, 0.2) is 0 Å². The summed E-state index contributed by atoms with van der Waals surface area (Å²) in [5.74, 6) is 0.207. The molecule has 0 aliphatic carbocycles. The molecule has 49 heavy (non-hydrogen) atoms. The molecule has 16 heteroatoms. The van der Waals surface area contributed by atoms with Crippen molar-refractivity contribution in [3.63, 3.8) is 0 Å². The first-order valence-electron chi connectivity index (χ1n) is 17.3. The molecule has 0 atom stereocenters. The van der Waals surface area contributed by atoms with Gasteiger partial charge in [-0.25, -0.2) is 0 Å². The number of hydrogen-bond donors (Lipinski definition) is 2. The summed E-state index contributed by atoms with van der Waals surface area (Å²) in [6.45, 7) is 6.53. The summed E-state index contributed by atoms with van der Waals surface area (Å²) >= 11 is 1.80. The van der Waals surface area contributed by atoms with Crippen molar-refractivity contribution in [3.8, 4) is 0 Å². The van der Waals surface area contributed by atoms with Crippen LogP contribution in [0.1, 0.15) is 12.8 Å². The van der Waals surface area contributed by atoms with Crippen LogP contribution in [0.2, 0.25) is 0 Å². The maximum atomic E-state index is 13.9. The summed E-state index contributed by atoms with van der Waals surface area (Å²) in [5, 5.41) is 6.47. The van der Waals surface area contributed by atoms with Crippen molar-refractivity contribution < 1.29 is 24.0 Å². The second-order valence-corrected chi connectivity index (χ2v) is 14.6. The van der Waals surface area contributed by atoms with E-state index < -0.39 is 5.92 Å². The van der Waals surface area contributed by atoms with Crippen LogP contribution >= 0.6 is 11.8 Å². The van der Waals surface area contributed by atoms with Gasteiger partial charge >= 0.3 is 0 Å². The lowest BCUT2D eigenvalue weighted by atomic mass is 10.1. The quantitative estimate of drug-likeness (QED) is 0.173. The topological polar surface area (TPSA) is 135 Å². The second-order valence-electron chi connectivity index (χ2n) is 13.6. The highest BCUT2D eigenvalue weighted by Crippen LogP contribution is 2.10. The molecule has 2 N–H and O–H groups in total. The van der Waals surface area contributed by atoms with Crippen LogP contribution in [0.25, 0.3) is 0 Å². The minimum absolute atomic E-state index is 0.0165. The maximum absolute atomic E-state index is 13.9. The number of likely N-dealkylation sites (N-methyl/N-ethyl adjacent to an activating group) is 4. The van der Waals surface area contributed by atoms with Crippen molar-refractivity contribution in [2.75, 3.05) is 167 Å². The van der Waals surface area contributed by atoms with Gasteiger partial charge in [-0.05, 0) is 44.5 Å². The number of amides is 5. The highest BCUT2D eigenvalue weighted by atomic mass is 32.2. The van der Waals surface area contributed by atoms with Gasteiger partial charge < -0.3 is 30.2 Å². The molecule has 0 radical (unpaired) electrons. The van der Waals surface area contributed by atoms with E-state index in [1.54, 1.807) is 87.7 Å².